The Labute approximate surface area is 390 Å². The standard InChI is InChI=1S/C56H38N4O4S2/c57-27-33(28-58)49-37-11-3-5-13-39(37)51(61)43(49)23-35-25-47-53(65-35)41-19-32-22-46-42(20-31(32)21-45(41)55(63-47)15-7-1-8-16-55)54-48(64-56(46)17-9-2-10-18-56)26-36(66-54)24-44-50(34(29-59)30-60)38-12-4-6-14-40(38)52(44)62/h3-6,11-14,19-26,31-32H,1-2,7-10,15-18H2/b43-23-,44-24-. The van der Waals surface area contributed by atoms with Crippen molar-refractivity contribution >= 4 is 68.7 Å². The molecule has 8 aliphatic rings. The lowest BCUT2D eigenvalue weighted by Crippen LogP contribution is -2.45. The van der Waals surface area contributed by atoms with E-state index in [4.69, 9.17) is 9.47 Å². The van der Waals surface area contributed by atoms with E-state index in [-0.39, 0.29) is 34.5 Å². The fraction of sp³-hybridized carbons (Fsp3) is 0.250. The minimum absolute atomic E-state index is 0.0513. The summed E-state index contributed by atoms with van der Waals surface area (Å²) in [6.45, 7) is 0. The smallest absolute Gasteiger partial charge is 0.194 e. The second-order valence-electron chi connectivity index (χ2n) is 18.3. The Morgan fingerprint density at radius 1 is 0.545 bits per heavy atom. The van der Waals surface area contributed by atoms with Crippen LogP contribution in [0.4, 0.5) is 0 Å². The van der Waals surface area contributed by atoms with E-state index in [9.17, 15) is 30.6 Å². The molecule has 0 amide bonds. The first-order chi connectivity index (χ1) is 32.3. The van der Waals surface area contributed by atoms with Crippen LogP contribution in [0.3, 0.4) is 0 Å². The number of allylic oxidation sites excluding steroid dienone is 10. The van der Waals surface area contributed by atoms with Gasteiger partial charge in [0, 0.05) is 66.2 Å². The third-order valence-electron chi connectivity index (χ3n) is 14.7. The number of benzene rings is 2. The predicted molar refractivity (Wildman–Crippen MR) is 254 cm³/mol. The lowest BCUT2D eigenvalue weighted by Gasteiger charge is -2.48. The Morgan fingerprint density at radius 3 is 1.30 bits per heavy atom. The molecule has 0 N–H and O–H groups in total. The SMILES string of the molecule is N#CC(C#N)=C1/C(=C/c2cc3c(s2)C2=CC4C=C5C(=CC4C=C2C2(CCCCC2)O3)c2sc(/C=C3\C(=O)c4ccccc4C3=C(C#N)C#N)cc2OC52CCCCC2)C(=O)c2ccccc21. The lowest BCUT2D eigenvalue weighted by molar-refractivity contribution is 0.0636. The van der Waals surface area contributed by atoms with Crippen LogP contribution in [0.25, 0.3) is 34.4 Å². The number of hydrogen-bond donors (Lipinski definition) is 0. The number of nitrogens with zero attached hydrogens (tertiary/aromatic N) is 4. The fourth-order valence-electron chi connectivity index (χ4n) is 11.8. The van der Waals surface area contributed by atoms with Gasteiger partial charge in [0.05, 0.1) is 9.75 Å². The largest absolute Gasteiger partial charge is 0.481 e. The van der Waals surface area contributed by atoms with Crippen molar-refractivity contribution in [1.29, 1.82) is 21.0 Å². The molecular formula is C56H38N4O4S2. The number of carbonyl (C=O) groups is 2. The molecule has 2 aromatic carbocycles. The normalized spacial score (nSPS) is 23.4. The summed E-state index contributed by atoms with van der Waals surface area (Å²) in [4.78, 5) is 31.5. The van der Waals surface area contributed by atoms with E-state index >= 15 is 0 Å². The van der Waals surface area contributed by atoms with Gasteiger partial charge in [0.2, 0.25) is 0 Å². The molecule has 318 valence electrons. The topological polar surface area (TPSA) is 148 Å². The number of rotatable bonds is 2. The number of fused-ring (bicyclic) bond motifs is 11. The Morgan fingerprint density at radius 2 is 0.924 bits per heavy atom. The minimum Gasteiger partial charge on any atom is -0.481 e. The highest BCUT2D eigenvalue weighted by molar-refractivity contribution is 7.15. The van der Waals surface area contributed by atoms with E-state index in [1.54, 1.807) is 59.1 Å². The zero-order valence-corrected chi connectivity index (χ0v) is 37.3. The Balaban J connectivity index is 0.972. The number of nitriles is 4. The van der Waals surface area contributed by atoms with Crippen molar-refractivity contribution in [3.05, 3.63) is 160 Å². The number of hydrogen-bond acceptors (Lipinski definition) is 10. The van der Waals surface area contributed by atoms with Gasteiger partial charge in [0.25, 0.3) is 0 Å². The van der Waals surface area contributed by atoms with Crippen molar-refractivity contribution in [3.8, 4) is 35.8 Å². The molecule has 2 unspecified atom stereocenters. The van der Waals surface area contributed by atoms with Crippen molar-refractivity contribution in [3.63, 3.8) is 0 Å². The zero-order valence-electron chi connectivity index (χ0n) is 35.7. The number of Topliss-reactive ketones (excluding diaryl/α,β-unsaturated/α-hetero) is 2. The molecule has 0 radical (unpaired) electrons. The second kappa shape index (κ2) is 15.1. The van der Waals surface area contributed by atoms with Crippen molar-refractivity contribution in [2.24, 2.45) is 11.8 Å². The van der Waals surface area contributed by atoms with Crippen LogP contribution >= 0.6 is 22.7 Å². The minimum atomic E-state index is -0.495. The lowest BCUT2D eigenvalue weighted by atomic mass is 9.65. The van der Waals surface area contributed by atoms with Crippen LogP contribution in [0.1, 0.15) is 116 Å². The highest BCUT2D eigenvalue weighted by atomic mass is 32.1. The summed E-state index contributed by atoms with van der Waals surface area (Å²) in [6.07, 6.45) is 23.5. The molecule has 66 heavy (non-hydrogen) atoms. The van der Waals surface area contributed by atoms with Gasteiger partial charge in [-0.1, -0.05) is 85.7 Å². The van der Waals surface area contributed by atoms with Crippen LogP contribution in [0.15, 0.2) is 118 Å². The van der Waals surface area contributed by atoms with Crippen LogP contribution in [-0.2, 0) is 0 Å². The summed E-state index contributed by atoms with van der Waals surface area (Å²) in [7, 11) is 0. The number of carbonyl (C=O) groups excluding carboxylic acids is 2. The fourth-order valence-corrected chi connectivity index (χ4v) is 13.9. The number of thiophene rings is 2. The van der Waals surface area contributed by atoms with Gasteiger partial charge < -0.3 is 9.47 Å². The Hall–Kier alpha value is -7.34. The number of ketones is 2. The first-order valence-electron chi connectivity index (χ1n) is 22.6. The molecule has 2 spiro atoms. The average molecular weight is 895 g/mol. The quantitative estimate of drug-likeness (QED) is 0.143. The van der Waals surface area contributed by atoms with Gasteiger partial charge in [-0.15, -0.1) is 22.7 Å². The maximum Gasteiger partial charge on any atom is 0.194 e. The summed E-state index contributed by atoms with van der Waals surface area (Å²) in [5.74, 6) is 1.31. The molecule has 8 nitrogen and oxygen atoms in total. The van der Waals surface area contributed by atoms with Crippen LogP contribution in [0, 0.1) is 57.2 Å². The molecule has 6 aliphatic carbocycles. The van der Waals surface area contributed by atoms with Crippen molar-refractivity contribution in [2.75, 3.05) is 0 Å². The monoisotopic (exact) mass is 894 g/mol. The molecule has 10 heteroatoms. The molecule has 2 saturated carbocycles. The highest BCUT2D eigenvalue weighted by Gasteiger charge is 2.50. The summed E-state index contributed by atoms with van der Waals surface area (Å²) < 4.78 is 14.4. The Bertz CT molecular complexity index is 3120. The molecule has 0 saturated heterocycles. The molecule has 0 bridgehead atoms. The predicted octanol–water partition coefficient (Wildman–Crippen LogP) is 12.7. The first-order valence-corrected chi connectivity index (χ1v) is 24.3. The van der Waals surface area contributed by atoms with Crippen LogP contribution in [0.2, 0.25) is 0 Å². The molecule has 2 fully saturated rings. The van der Waals surface area contributed by atoms with Crippen LogP contribution < -0.4 is 9.47 Å². The van der Waals surface area contributed by atoms with Crippen molar-refractivity contribution in [1.82, 2.24) is 0 Å². The average Bonchev–Trinajstić information content (AvgIpc) is 4.09. The summed E-state index contributed by atoms with van der Waals surface area (Å²) in [5, 5.41) is 39.9. The third kappa shape index (κ3) is 5.89. The highest BCUT2D eigenvalue weighted by Crippen LogP contribution is 2.60. The van der Waals surface area contributed by atoms with E-state index in [0.29, 0.717) is 44.5 Å². The van der Waals surface area contributed by atoms with Gasteiger partial charge in [-0.25, -0.2) is 0 Å². The van der Waals surface area contributed by atoms with Gasteiger partial charge in [-0.05, 0) is 97.9 Å². The van der Waals surface area contributed by atoms with E-state index in [1.165, 1.54) is 22.3 Å². The maximum atomic E-state index is 13.9. The van der Waals surface area contributed by atoms with Crippen LogP contribution in [-0.4, -0.2) is 22.8 Å². The first kappa shape index (κ1) is 40.2. The van der Waals surface area contributed by atoms with Gasteiger partial charge in [0.1, 0.15) is 58.1 Å². The number of ether oxygens (including phenoxy) is 2. The molecule has 4 heterocycles. The summed E-state index contributed by atoms with van der Waals surface area (Å²) in [6, 6.07) is 26.5. The summed E-state index contributed by atoms with van der Waals surface area (Å²) in [5.41, 5.74) is 7.25. The van der Waals surface area contributed by atoms with E-state index in [0.717, 1.165) is 95.2 Å². The third-order valence-corrected chi connectivity index (χ3v) is 16.9. The van der Waals surface area contributed by atoms with E-state index in [2.05, 4.69) is 24.3 Å². The Kier molecular flexibility index (Phi) is 9.21. The molecule has 2 aliphatic heterocycles. The van der Waals surface area contributed by atoms with Crippen molar-refractivity contribution in [2.45, 2.75) is 75.4 Å². The molecular weight excluding hydrogens is 857 g/mol. The molecule has 2 aromatic heterocycles. The van der Waals surface area contributed by atoms with Gasteiger partial charge >= 0.3 is 0 Å². The summed E-state index contributed by atoms with van der Waals surface area (Å²) >= 11 is 3.15. The molecule has 2 atom stereocenters. The van der Waals surface area contributed by atoms with Gasteiger partial charge in [-0.3, -0.25) is 9.59 Å². The van der Waals surface area contributed by atoms with Gasteiger partial charge in [0.15, 0.2) is 11.6 Å². The molecule has 12 rings (SSSR count). The van der Waals surface area contributed by atoms with E-state index in [1.807, 2.05) is 60.7 Å². The second-order valence-corrected chi connectivity index (χ2v) is 20.5. The molecule has 4 aromatic rings. The van der Waals surface area contributed by atoms with Crippen molar-refractivity contribution < 1.29 is 19.1 Å². The van der Waals surface area contributed by atoms with E-state index < -0.39 is 11.2 Å². The van der Waals surface area contributed by atoms with Gasteiger partial charge in [-0.2, -0.15) is 21.0 Å². The maximum absolute atomic E-state index is 13.9. The zero-order chi connectivity index (χ0) is 44.9. The van der Waals surface area contributed by atoms with Crippen LogP contribution in [0.5, 0.6) is 11.5 Å².